The van der Waals surface area contributed by atoms with Gasteiger partial charge in [-0.15, -0.1) is 0 Å². The smallest absolute Gasteiger partial charge is 0.340 e. The topological polar surface area (TPSA) is 73.4 Å². The summed E-state index contributed by atoms with van der Waals surface area (Å²) in [5, 5.41) is 5.80. The molecule has 3 heterocycles. The van der Waals surface area contributed by atoms with Gasteiger partial charge in [0.05, 0.1) is 5.56 Å². The van der Waals surface area contributed by atoms with Crippen LogP contribution in [-0.4, -0.2) is 58.9 Å². The third kappa shape index (κ3) is 7.10. The number of aryl methyl sites for hydroxylation is 1. The second kappa shape index (κ2) is 12.3. The zero-order valence-electron chi connectivity index (χ0n) is 23.2. The summed E-state index contributed by atoms with van der Waals surface area (Å²) in [6, 6.07) is 15.3. The van der Waals surface area contributed by atoms with Crippen molar-refractivity contribution in [3.05, 3.63) is 101 Å². The molecule has 7 nitrogen and oxygen atoms in total. The molecule has 4 aromatic rings. The standard InChI is InChI=1S/C31H30F4N6O/c1-20-3-4-22(15-27(20)39-29-16-21(9-10-36-29)23-6-8-28(32)37-18-23)30(42)38-25-7-5-24(26(17-25)31(33,34)35)19-41-13-11-40(2)12-14-41/h3-10,15-18H,11-14,19H2,1-2H3,(H,36,39)(H,38,42). The van der Waals surface area contributed by atoms with Crippen molar-refractivity contribution in [3.8, 4) is 11.1 Å². The summed E-state index contributed by atoms with van der Waals surface area (Å²) < 4.78 is 55.2. The van der Waals surface area contributed by atoms with Crippen LogP contribution in [0.1, 0.15) is 27.0 Å². The Balaban J connectivity index is 1.32. The molecule has 0 aliphatic carbocycles. The molecule has 42 heavy (non-hydrogen) atoms. The summed E-state index contributed by atoms with van der Waals surface area (Å²) in [4.78, 5) is 25.3. The van der Waals surface area contributed by atoms with Gasteiger partial charge in [0.25, 0.3) is 5.91 Å². The predicted molar refractivity (Wildman–Crippen MR) is 154 cm³/mol. The van der Waals surface area contributed by atoms with Gasteiger partial charge in [-0.2, -0.15) is 17.6 Å². The minimum Gasteiger partial charge on any atom is -0.340 e. The lowest BCUT2D eigenvalue weighted by molar-refractivity contribution is -0.138. The molecule has 2 aromatic heterocycles. The molecule has 0 spiro atoms. The van der Waals surface area contributed by atoms with Crippen LogP contribution in [0.25, 0.3) is 11.1 Å². The van der Waals surface area contributed by atoms with Gasteiger partial charge in [-0.25, -0.2) is 9.97 Å². The summed E-state index contributed by atoms with van der Waals surface area (Å²) in [5.74, 6) is -0.631. The molecule has 1 saturated heterocycles. The molecule has 0 unspecified atom stereocenters. The van der Waals surface area contributed by atoms with E-state index in [-0.39, 0.29) is 23.4 Å². The lowest BCUT2D eigenvalue weighted by Gasteiger charge is -2.33. The van der Waals surface area contributed by atoms with E-state index in [0.717, 1.165) is 30.3 Å². The first-order valence-electron chi connectivity index (χ1n) is 13.4. The second-order valence-corrected chi connectivity index (χ2v) is 10.4. The van der Waals surface area contributed by atoms with Gasteiger partial charge in [0, 0.05) is 67.6 Å². The molecule has 2 N–H and O–H groups in total. The molecule has 0 bridgehead atoms. The van der Waals surface area contributed by atoms with Gasteiger partial charge in [-0.05, 0) is 79.2 Å². The number of hydrogen-bond acceptors (Lipinski definition) is 6. The van der Waals surface area contributed by atoms with Crippen LogP contribution >= 0.6 is 0 Å². The maximum Gasteiger partial charge on any atom is 0.416 e. The lowest BCUT2D eigenvalue weighted by atomic mass is 10.0. The number of hydrogen-bond donors (Lipinski definition) is 2. The van der Waals surface area contributed by atoms with Gasteiger partial charge < -0.3 is 15.5 Å². The van der Waals surface area contributed by atoms with Crippen molar-refractivity contribution < 1.29 is 22.4 Å². The van der Waals surface area contributed by atoms with Gasteiger partial charge in [-0.3, -0.25) is 9.69 Å². The number of benzene rings is 2. The summed E-state index contributed by atoms with van der Waals surface area (Å²) in [6.07, 6.45) is -1.54. The van der Waals surface area contributed by atoms with E-state index in [4.69, 9.17) is 0 Å². The maximum atomic E-state index is 14.0. The number of piperazine rings is 1. The number of carbonyl (C=O) groups excluding carboxylic acids is 1. The average Bonchev–Trinajstić information content (AvgIpc) is 2.96. The molecule has 2 aromatic carbocycles. The minimum absolute atomic E-state index is 0.0619. The first-order chi connectivity index (χ1) is 20.0. The van der Waals surface area contributed by atoms with Gasteiger partial charge in [-0.1, -0.05) is 12.1 Å². The number of pyridine rings is 2. The Labute approximate surface area is 241 Å². The van der Waals surface area contributed by atoms with E-state index in [2.05, 4.69) is 25.5 Å². The Morgan fingerprint density at radius 1 is 0.929 bits per heavy atom. The third-order valence-electron chi connectivity index (χ3n) is 7.25. The highest BCUT2D eigenvalue weighted by Gasteiger charge is 2.34. The fraction of sp³-hybridized carbons (Fsp3) is 0.258. The molecule has 1 aliphatic heterocycles. The summed E-state index contributed by atoms with van der Waals surface area (Å²) >= 11 is 0. The number of carbonyl (C=O) groups is 1. The van der Waals surface area contributed by atoms with Crippen molar-refractivity contribution >= 4 is 23.1 Å². The zero-order valence-corrected chi connectivity index (χ0v) is 23.2. The number of nitrogens with one attached hydrogen (secondary N) is 2. The normalized spacial score (nSPS) is 14.5. The van der Waals surface area contributed by atoms with E-state index in [1.165, 1.54) is 24.4 Å². The van der Waals surface area contributed by atoms with Crippen molar-refractivity contribution in [3.63, 3.8) is 0 Å². The van der Waals surface area contributed by atoms with Gasteiger partial charge in [0.1, 0.15) is 5.82 Å². The zero-order chi connectivity index (χ0) is 29.9. The Hall–Kier alpha value is -4.35. The van der Waals surface area contributed by atoms with Crippen LogP contribution in [0.4, 0.5) is 34.8 Å². The van der Waals surface area contributed by atoms with E-state index in [9.17, 15) is 22.4 Å². The number of amides is 1. The summed E-state index contributed by atoms with van der Waals surface area (Å²) in [6.45, 7) is 5.04. The number of anilines is 3. The van der Waals surface area contributed by atoms with Gasteiger partial charge >= 0.3 is 6.18 Å². The molecular formula is C31H30F4N6O. The predicted octanol–water partition coefficient (Wildman–Crippen LogP) is 6.35. The fourth-order valence-electron chi connectivity index (χ4n) is 4.77. The number of rotatable bonds is 7. The second-order valence-electron chi connectivity index (χ2n) is 10.4. The number of halogens is 4. The van der Waals surface area contributed by atoms with Crippen molar-refractivity contribution in [1.82, 2.24) is 19.8 Å². The largest absolute Gasteiger partial charge is 0.416 e. The minimum atomic E-state index is -4.56. The summed E-state index contributed by atoms with van der Waals surface area (Å²) in [5.41, 5.74) is 2.65. The highest BCUT2D eigenvalue weighted by atomic mass is 19.4. The highest BCUT2D eigenvalue weighted by Crippen LogP contribution is 2.35. The molecule has 11 heteroatoms. The van der Waals surface area contributed by atoms with Crippen LogP contribution in [0.3, 0.4) is 0 Å². The molecule has 0 saturated carbocycles. The van der Waals surface area contributed by atoms with Crippen LogP contribution < -0.4 is 10.6 Å². The van der Waals surface area contributed by atoms with E-state index in [1.807, 2.05) is 18.9 Å². The number of alkyl halides is 3. The molecular weight excluding hydrogens is 548 g/mol. The highest BCUT2D eigenvalue weighted by molar-refractivity contribution is 6.05. The van der Waals surface area contributed by atoms with E-state index in [0.29, 0.717) is 30.2 Å². The number of likely N-dealkylation sites (N-methyl/N-ethyl adjacent to an activating group) is 1. The van der Waals surface area contributed by atoms with Crippen molar-refractivity contribution in [2.24, 2.45) is 0 Å². The van der Waals surface area contributed by atoms with Crippen LogP contribution in [0, 0.1) is 12.9 Å². The van der Waals surface area contributed by atoms with Crippen LogP contribution in [-0.2, 0) is 12.7 Å². The van der Waals surface area contributed by atoms with Crippen molar-refractivity contribution in [2.75, 3.05) is 43.9 Å². The molecule has 1 fully saturated rings. The molecule has 1 amide bonds. The number of nitrogens with zero attached hydrogens (tertiary/aromatic N) is 4. The molecule has 0 atom stereocenters. The van der Waals surface area contributed by atoms with Gasteiger partial charge in [0.2, 0.25) is 5.95 Å². The SMILES string of the molecule is Cc1ccc(C(=O)Nc2ccc(CN3CCN(C)CC3)c(C(F)(F)F)c2)cc1Nc1cc(-c2ccc(F)nc2)ccn1. The molecule has 1 aliphatic rings. The lowest BCUT2D eigenvalue weighted by Crippen LogP contribution is -2.44. The monoisotopic (exact) mass is 578 g/mol. The van der Waals surface area contributed by atoms with Crippen LogP contribution in [0.2, 0.25) is 0 Å². The molecule has 5 rings (SSSR count). The van der Waals surface area contributed by atoms with Crippen LogP contribution in [0.15, 0.2) is 73.1 Å². The van der Waals surface area contributed by atoms with Crippen LogP contribution in [0.5, 0.6) is 0 Å². The first kappa shape index (κ1) is 29.2. The average molecular weight is 579 g/mol. The first-order valence-corrected chi connectivity index (χ1v) is 13.4. The van der Waals surface area contributed by atoms with Crippen molar-refractivity contribution in [2.45, 2.75) is 19.6 Å². The third-order valence-corrected chi connectivity index (χ3v) is 7.25. The fourth-order valence-corrected chi connectivity index (χ4v) is 4.77. The quantitative estimate of drug-likeness (QED) is 0.197. The Bertz CT molecular complexity index is 1570. The number of aromatic nitrogens is 2. The molecule has 218 valence electrons. The Kier molecular flexibility index (Phi) is 8.51. The van der Waals surface area contributed by atoms with Crippen molar-refractivity contribution in [1.29, 1.82) is 0 Å². The van der Waals surface area contributed by atoms with Gasteiger partial charge in [0.15, 0.2) is 0 Å². The van der Waals surface area contributed by atoms with E-state index >= 15 is 0 Å². The summed E-state index contributed by atoms with van der Waals surface area (Å²) in [7, 11) is 1.99. The Morgan fingerprint density at radius 2 is 1.71 bits per heavy atom. The van der Waals surface area contributed by atoms with E-state index < -0.39 is 23.6 Å². The Morgan fingerprint density at radius 3 is 2.43 bits per heavy atom. The maximum absolute atomic E-state index is 14.0. The van der Waals surface area contributed by atoms with E-state index in [1.54, 1.807) is 42.6 Å². The molecule has 0 radical (unpaired) electrons.